The number of carbonyl (C=O) groups is 1. The van der Waals surface area contributed by atoms with Gasteiger partial charge in [0.2, 0.25) is 0 Å². The van der Waals surface area contributed by atoms with E-state index in [-0.39, 0.29) is 5.97 Å². The normalized spacial score (nSPS) is 11.5. The zero-order valence-electron chi connectivity index (χ0n) is 19.5. The van der Waals surface area contributed by atoms with Crippen LogP contribution in [0.25, 0.3) is 10.8 Å². The minimum Gasteiger partial charge on any atom is -0.496 e. The molecule has 7 nitrogen and oxygen atoms in total. The van der Waals surface area contributed by atoms with Crippen LogP contribution < -0.4 is 18.9 Å². The zero-order chi connectivity index (χ0) is 23.0. The molecule has 2 aromatic carbocycles. The van der Waals surface area contributed by atoms with Gasteiger partial charge in [0, 0.05) is 12.0 Å². The fraction of sp³-hybridized carbons (Fsp3) is 0.500. The number of ether oxygens (including phenoxy) is 4. The first-order chi connectivity index (χ1) is 14.9. The van der Waals surface area contributed by atoms with E-state index in [9.17, 15) is 4.79 Å². The van der Waals surface area contributed by atoms with E-state index in [2.05, 4.69) is 19.0 Å². The molecule has 0 fully saturated rings. The molecule has 0 spiro atoms. The average Bonchev–Trinajstić information content (AvgIpc) is 2.77. The summed E-state index contributed by atoms with van der Waals surface area (Å²) < 4.78 is 22.7. The van der Waals surface area contributed by atoms with Gasteiger partial charge in [-0.15, -0.1) is 0 Å². The van der Waals surface area contributed by atoms with Gasteiger partial charge in [-0.1, -0.05) is 25.9 Å². The van der Waals surface area contributed by atoms with Gasteiger partial charge < -0.3 is 23.8 Å². The summed E-state index contributed by atoms with van der Waals surface area (Å²) in [5, 5.41) is 5.67. The standard InChI is InChI=1S/C24H33NO6/c1-8-9-21(26)31-25-17(11-10-15(2)3)16-14-20(29-6)22-18(27-4)12-13-19(28-5)23(22)24(16)30-7/h12-15H,8-11H2,1-7H3. The van der Waals surface area contributed by atoms with Gasteiger partial charge in [0.15, 0.2) is 0 Å². The summed E-state index contributed by atoms with van der Waals surface area (Å²) in [6.45, 7) is 6.18. The van der Waals surface area contributed by atoms with Crippen LogP contribution in [0.15, 0.2) is 23.4 Å². The van der Waals surface area contributed by atoms with Crippen LogP contribution in [0.4, 0.5) is 0 Å². The Kier molecular flexibility index (Phi) is 8.97. The van der Waals surface area contributed by atoms with Crippen molar-refractivity contribution in [3.8, 4) is 23.0 Å². The lowest BCUT2D eigenvalue weighted by molar-refractivity contribution is -0.143. The number of carbonyl (C=O) groups excluding carboxylic acids is 1. The van der Waals surface area contributed by atoms with Crippen molar-refractivity contribution in [3.05, 3.63) is 23.8 Å². The van der Waals surface area contributed by atoms with Crippen LogP contribution in [-0.4, -0.2) is 40.1 Å². The van der Waals surface area contributed by atoms with Gasteiger partial charge in [0.25, 0.3) is 0 Å². The molecule has 0 aliphatic rings. The maximum absolute atomic E-state index is 12.0. The maximum Gasteiger partial charge on any atom is 0.335 e. The van der Waals surface area contributed by atoms with Crippen molar-refractivity contribution in [1.82, 2.24) is 0 Å². The highest BCUT2D eigenvalue weighted by atomic mass is 16.7. The Morgan fingerprint density at radius 2 is 1.52 bits per heavy atom. The fourth-order valence-corrected chi connectivity index (χ4v) is 3.38. The molecule has 0 bridgehead atoms. The summed E-state index contributed by atoms with van der Waals surface area (Å²) in [4.78, 5) is 17.2. The molecule has 0 amide bonds. The van der Waals surface area contributed by atoms with Crippen LogP contribution in [0, 0.1) is 5.92 Å². The van der Waals surface area contributed by atoms with Crippen LogP contribution in [0.2, 0.25) is 0 Å². The number of hydrogen-bond donors (Lipinski definition) is 0. The Balaban J connectivity index is 2.79. The van der Waals surface area contributed by atoms with Crippen LogP contribution in [-0.2, 0) is 9.63 Å². The van der Waals surface area contributed by atoms with Gasteiger partial charge in [0.1, 0.15) is 23.0 Å². The molecule has 0 heterocycles. The predicted molar refractivity (Wildman–Crippen MR) is 122 cm³/mol. The molecule has 0 saturated carbocycles. The van der Waals surface area contributed by atoms with Crippen molar-refractivity contribution in [2.75, 3.05) is 28.4 Å². The molecule has 0 aromatic heterocycles. The number of hydrogen-bond acceptors (Lipinski definition) is 7. The third-order valence-electron chi connectivity index (χ3n) is 4.97. The first kappa shape index (κ1) is 24.3. The summed E-state index contributed by atoms with van der Waals surface area (Å²) in [7, 11) is 6.38. The van der Waals surface area contributed by atoms with Gasteiger partial charge in [-0.05, 0) is 43.4 Å². The number of fused-ring (bicyclic) bond motifs is 1. The Bertz CT molecular complexity index is 936. The molecule has 170 valence electrons. The first-order valence-electron chi connectivity index (χ1n) is 10.5. The SMILES string of the molecule is CCCC(=O)ON=C(CCC(C)C)c1cc(OC)c2c(OC)ccc(OC)c2c1OC. The molecular weight excluding hydrogens is 398 g/mol. The molecule has 0 aliphatic heterocycles. The van der Waals surface area contributed by atoms with E-state index in [1.807, 2.05) is 25.1 Å². The molecule has 0 N–H and O–H groups in total. The van der Waals surface area contributed by atoms with Gasteiger partial charge in [-0.2, -0.15) is 0 Å². The molecule has 31 heavy (non-hydrogen) atoms. The third-order valence-corrected chi connectivity index (χ3v) is 4.97. The molecule has 2 aromatic rings. The van der Waals surface area contributed by atoms with E-state index in [1.54, 1.807) is 28.4 Å². The van der Waals surface area contributed by atoms with Crippen molar-refractivity contribution in [2.24, 2.45) is 11.1 Å². The lowest BCUT2D eigenvalue weighted by Gasteiger charge is -2.20. The molecule has 0 atom stereocenters. The Morgan fingerprint density at radius 1 is 0.903 bits per heavy atom. The van der Waals surface area contributed by atoms with Crippen molar-refractivity contribution in [2.45, 2.75) is 46.5 Å². The highest BCUT2D eigenvalue weighted by Gasteiger charge is 2.24. The second-order valence-corrected chi connectivity index (χ2v) is 7.56. The highest BCUT2D eigenvalue weighted by Crippen LogP contribution is 2.46. The monoisotopic (exact) mass is 431 g/mol. The van der Waals surface area contributed by atoms with Gasteiger partial charge >= 0.3 is 5.97 Å². The minimum absolute atomic E-state index is 0.310. The lowest BCUT2D eigenvalue weighted by atomic mass is 9.95. The van der Waals surface area contributed by atoms with E-state index in [4.69, 9.17) is 23.8 Å². The van der Waals surface area contributed by atoms with Crippen LogP contribution in [0.1, 0.15) is 52.0 Å². The second-order valence-electron chi connectivity index (χ2n) is 7.56. The molecule has 0 aliphatic carbocycles. The molecule has 0 radical (unpaired) electrons. The average molecular weight is 432 g/mol. The molecule has 0 saturated heterocycles. The van der Waals surface area contributed by atoms with Gasteiger partial charge in [0.05, 0.1) is 44.9 Å². The second kappa shape index (κ2) is 11.4. The topological polar surface area (TPSA) is 75.6 Å². The summed E-state index contributed by atoms with van der Waals surface area (Å²) in [6.07, 6.45) is 2.47. The highest BCUT2D eigenvalue weighted by molar-refractivity contribution is 6.12. The van der Waals surface area contributed by atoms with Crippen LogP contribution >= 0.6 is 0 Å². The third kappa shape index (κ3) is 5.60. The predicted octanol–water partition coefficient (Wildman–Crippen LogP) is 5.36. The minimum atomic E-state index is -0.365. The van der Waals surface area contributed by atoms with Crippen LogP contribution in [0.5, 0.6) is 23.0 Å². The van der Waals surface area contributed by atoms with Crippen molar-refractivity contribution in [1.29, 1.82) is 0 Å². The van der Waals surface area contributed by atoms with E-state index in [1.165, 1.54) is 0 Å². The number of oxime groups is 1. The Hall–Kier alpha value is -2.96. The van der Waals surface area contributed by atoms with E-state index in [0.29, 0.717) is 64.8 Å². The number of methoxy groups -OCH3 is 4. The Morgan fingerprint density at radius 3 is 2.03 bits per heavy atom. The summed E-state index contributed by atoms with van der Waals surface area (Å²) in [6, 6.07) is 5.48. The van der Waals surface area contributed by atoms with Crippen molar-refractivity contribution in [3.63, 3.8) is 0 Å². The van der Waals surface area contributed by atoms with Gasteiger partial charge in [-0.3, -0.25) is 0 Å². The van der Waals surface area contributed by atoms with Crippen LogP contribution in [0.3, 0.4) is 0 Å². The maximum atomic E-state index is 12.0. The lowest BCUT2D eigenvalue weighted by Crippen LogP contribution is -2.10. The molecule has 0 unspecified atom stereocenters. The van der Waals surface area contributed by atoms with E-state index < -0.39 is 0 Å². The van der Waals surface area contributed by atoms with E-state index >= 15 is 0 Å². The largest absolute Gasteiger partial charge is 0.496 e. The summed E-state index contributed by atoms with van der Waals surface area (Å²) >= 11 is 0. The molecule has 2 rings (SSSR count). The Labute approximate surface area is 184 Å². The van der Waals surface area contributed by atoms with Gasteiger partial charge in [-0.25, -0.2) is 4.79 Å². The molecule has 7 heteroatoms. The zero-order valence-corrected chi connectivity index (χ0v) is 19.5. The number of benzene rings is 2. The quantitative estimate of drug-likeness (QED) is 0.271. The number of nitrogens with zero attached hydrogens (tertiary/aromatic N) is 1. The molecular formula is C24H33NO6. The van der Waals surface area contributed by atoms with Crippen molar-refractivity contribution >= 4 is 22.5 Å². The smallest absolute Gasteiger partial charge is 0.335 e. The fourth-order valence-electron chi connectivity index (χ4n) is 3.38. The number of rotatable bonds is 11. The summed E-state index contributed by atoms with van der Waals surface area (Å²) in [5.41, 5.74) is 1.29. The summed E-state index contributed by atoms with van der Waals surface area (Å²) in [5.74, 6) is 2.46. The first-order valence-corrected chi connectivity index (χ1v) is 10.5. The van der Waals surface area contributed by atoms with Crippen molar-refractivity contribution < 1.29 is 28.6 Å². The van der Waals surface area contributed by atoms with E-state index in [0.717, 1.165) is 11.8 Å².